The Kier molecular flexibility index (Phi) is 6.46. The molecule has 0 saturated carbocycles. The van der Waals surface area contributed by atoms with Crippen LogP contribution < -0.4 is 10.1 Å². The number of rotatable bonds is 8. The molecule has 0 unspecified atom stereocenters. The van der Waals surface area contributed by atoms with Gasteiger partial charge in [0.15, 0.2) is 5.78 Å². The summed E-state index contributed by atoms with van der Waals surface area (Å²) in [6.45, 7) is 0.324. The van der Waals surface area contributed by atoms with E-state index < -0.39 is 5.82 Å². The van der Waals surface area contributed by atoms with E-state index >= 15 is 0 Å². The van der Waals surface area contributed by atoms with E-state index in [0.29, 0.717) is 23.6 Å². The first-order valence-electron chi connectivity index (χ1n) is 8.81. The second-order valence-electron chi connectivity index (χ2n) is 6.12. The van der Waals surface area contributed by atoms with Crippen LogP contribution >= 0.6 is 0 Å². The Morgan fingerprint density at radius 2 is 1.79 bits per heavy atom. The molecule has 0 aliphatic rings. The lowest BCUT2D eigenvalue weighted by molar-refractivity contribution is -0.116. The van der Waals surface area contributed by atoms with Crippen LogP contribution in [0, 0.1) is 5.82 Å². The molecule has 1 aromatic heterocycles. The van der Waals surface area contributed by atoms with Gasteiger partial charge in [-0.1, -0.05) is 12.1 Å². The first-order chi connectivity index (χ1) is 13.6. The van der Waals surface area contributed by atoms with Crippen molar-refractivity contribution in [3.63, 3.8) is 0 Å². The van der Waals surface area contributed by atoms with Gasteiger partial charge in [-0.25, -0.2) is 4.39 Å². The summed E-state index contributed by atoms with van der Waals surface area (Å²) >= 11 is 0. The van der Waals surface area contributed by atoms with E-state index in [2.05, 4.69) is 10.3 Å². The third-order valence-electron chi connectivity index (χ3n) is 3.98. The summed E-state index contributed by atoms with van der Waals surface area (Å²) in [5.74, 6) is -0.287. The van der Waals surface area contributed by atoms with E-state index in [0.717, 1.165) is 5.69 Å². The number of benzene rings is 2. The average Bonchev–Trinajstić information content (AvgIpc) is 2.72. The second-order valence-corrected chi connectivity index (χ2v) is 6.12. The van der Waals surface area contributed by atoms with E-state index in [-0.39, 0.29) is 24.5 Å². The Bertz CT molecular complexity index is 944. The van der Waals surface area contributed by atoms with E-state index in [1.165, 1.54) is 24.3 Å². The number of amides is 1. The van der Waals surface area contributed by atoms with Crippen LogP contribution in [-0.4, -0.2) is 16.7 Å². The van der Waals surface area contributed by atoms with Gasteiger partial charge in [-0.15, -0.1) is 0 Å². The maximum absolute atomic E-state index is 12.9. The van der Waals surface area contributed by atoms with Crippen molar-refractivity contribution in [3.05, 3.63) is 90.0 Å². The Hall–Kier alpha value is -3.54. The maximum Gasteiger partial charge on any atom is 0.224 e. The van der Waals surface area contributed by atoms with E-state index in [1.807, 2.05) is 18.2 Å². The molecule has 0 bridgehead atoms. The average molecular weight is 378 g/mol. The van der Waals surface area contributed by atoms with Crippen molar-refractivity contribution >= 4 is 17.4 Å². The van der Waals surface area contributed by atoms with Crippen LogP contribution in [0.3, 0.4) is 0 Å². The molecule has 0 aliphatic carbocycles. The van der Waals surface area contributed by atoms with E-state index in [4.69, 9.17) is 4.74 Å². The maximum atomic E-state index is 12.9. The fourth-order valence-corrected chi connectivity index (χ4v) is 2.54. The number of nitrogens with zero attached hydrogens (tertiary/aromatic N) is 1. The minimum Gasteiger partial charge on any atom is -0.487 e. The van der Waals surface area contributed by atoms with E-state index in [9.17, 15) is 14.0 Å². The van der Waals surface area contributed by atoms with Crippen LogP contribution in [-0.2, 0) is 11.4 Å². The number of Topliss-reactive ketones (excluding diaryl/α,β-unsaturated/α-hetero) is 1. The van der Waals surface area contributed by atoms with E-state index in [1.54, 1.807) is 30.5 Å². The van der Waals surface area contributed by atoms with Crippen LogP contribution in [0.15, 0.2) is 72.9 Å². The number of carbonyl (C=O) groups excluding carboxylic acids is 2. The number of halogens is 1. The first-order valence-corrected chi connectivity index (χ1v) is 8.81. The van der Waals surface area contributed by atoms with Crippen LogP contribution in [0.2, 0.25) is 0 Å². The highest BCUT2D eigenvalue weighted by atomic mass is 19.1. The molecular formula is C22H19FN2O3. The lowest BCUT2D eigenvalue weighted by Crippen LogP contribution is -2.13. The molecule has 3 aromatic rings. The molecule has 5 nitrogen and oxygen atoms in total. The van der Waals surface area contributed by atoms with Crippen molar-refractivity contribution in [3.8, 4) is 5.75 Å². The molecule has 3 rings (SSSR count). The number of carbonyl (C=O) groups is 2. The number of hydrogen-bond acceptors (Lipinski definition) is 4. The monoisotopic (exact) mass is 378 g/mol. The Balaban J connectivity index is 1.49. The number of ketones is 1. The molecule has 2 aromatic carbocycles. The largest absolute Gasteiger partial charge is 0.487 e. The number of pyridine rings is 1. The van der Waals surface area contributed by atoms with Gasteiger partial charge in [0.05, 0.1) is 5.69 Å². The first kappa shape index (κ1) is 19.2. The summed E-state index contributed by atoms with van der Waals surface area (Å²) in [6, 6.07) is 17.9. The lowest BCUT2D eigenvalue weighted by atomic mass is 10.1. The third-order valence-corrected chi connectivity index (χ3v) is 3.98. The van der Waals surface area contributed by atoms with Crippen LogP contribution in [0.25, 0.3) is 0 Å². The van der Waals surface area contributed by atoms with Crippen molar-refractivity contribution in [1.29, 1.82) is 0 Å². The van der Waals surface area contributed by atoms with Gasteiger partial charge in [-0.05, 0) is 48.5 Å². The number of anilines is 1. The fraction of sp³-hybridized carbons (Fsp3) is 0.136. The van der Waals surface area contributed by atoms with Gasteiger partial charge in [-0.2, -0.15) is 0 Å². The normalized spacial score (nSPS) is 10.3. The smallest absolute Gasteiger partial charge is 0.224 e. The second kappa shape index (κ2) is 9.41. The molecule has 1 N–H and O–H groups in total. The summed E-state index contributed by atoms with van der Waals surface area (Å²) in [7, 11) is 0. The summed E-state index contributed by atoms with van der Waals surface area (Å²) in [5, 5.41) is 2.75. The molecule has 0 saturated heterocycles. The molecular weight excluding hydrogens is 359 g/mol. The molecule has 0 atom stereocenters. The zero-order chi connectivity index (χ0) is 19.8. The van der Waals surface area contributed by atoms with Gasteiger partial charge in [-0.3, -0.25) is 14.6 Å². The van der Waals surface area contributed by atoms with Crippen LogP contribution in [0.4, 0.5) is 10.1 Å². The molecule has 0 spiro atoms. The summed E-state index contributed by atoms with van der Waals surface area (Å²) in [6.07, 6.45) is 1.78. The Morgan fingerprint density at radius 1 is 0.964 bits per heavy atom. The molecule has 0 aliphatic heterocycles. The van der Waals surface area contributed by atoms with Crippen molar-refractivity contribution in [2.24, 2.45) is 0 Å². The highest BCUT2D eigenvalue weighted by Crippen LogP contribution is 2.19. The van der Waals surface area contributed by atoms with Gasteiger partial charge in [0.25, 0.3) is 0 Å². The van der Waals surface area contributed by atoms with Gasteiger partial charge in [0.1, 0.15) is 18.2 Å². The highest BCUT2D eigenvalue weighted by molar-refractivity contribution is 6.00. The van der Waals surface area contributed by atoms with Crippen molar-refractivity contribution in [2.75, 3.05) is 5.32 Å². The summed E-state index contributed by atoms with van der Waals surface area (Å²) in [4.78, 5) is 28.4. The number of aromatic nitrogens is 1. The molecule has 0 fully saturated rings. The van der Waals surface area contributed by atoms with Gasteiger partial charge >= 0.3 is 0 Å². The van der Waals surface area contributed by atoms with Gasteiger partial charge in [0.2, 0.25) is 5.91 Å². The molecule has 1 amide bonds. The van der Waals surface area contributed by atoms with Crippen molar-refractivity contribution in [1.82, 2.24) is 4.98 Å². The summed E-state index contributed by atoms with van der Waals surface area (Å²) in [5.41, 5.74) is 1.77. The topological polar surface area (TPSA) is 68.3 Å². The Morgan fingerprint density at radius 3 is 2.54 bits per heavy atom. The minimum absolute atomic E-state index is 0.0369. The molecule has 142 valence electrons. The molecule has 0 radical (unpaired) electrons. The molecule has 6 heteroatoms. The SMILES string of the molecule is O=C(CCC(=O)c1ccc(F)cc1)Nc1cccc(OCc2ccccn2)c1. The zero-order valence-corrected chi connectivity index (χ0v) is 15.1. The van der Waals surface area contributed by atoms with Crippen LogP contribution in [0.5, 0.6) is 5.75 Å². The van der Waals surface area contributed by atoms with Crippen molar-refractivity contribution in [2.45, 2.75) is 19.4 Å². The van der Waals surface area contributed by atoms with Gasteiger partial charge < -0.3 is 10.1 Å². The predicted octanol–water partition coefficient (Wildman–Crippen LogP) is 4.40. The van der Waals surface area contributed by atoms with Crippen LogP contribution in [0.1, 0.15) is 28.9 Å². The predicted molar refractivity (Wildman–Crippen MR) is 104 cm³/mol. The number of nitrogens with one attached hydrogen (secondary N) is 1. The fourth-order valence-electron chi connectivity index (χ4n) is 2.54. The summed E-state index contributed by atoms with van der Waals surface area (Å²) < 4.78 is 18.6. The number of ether oxygens (including phenoxy) is 1. The highest BCUT2D eigenvalue weighted by Gasteiger charge is 2.10. The Labute approximate surface area is 162 Å². The number of hydrogen-bond donors (Lipinski definition) is 1. The standard InChI is InChI=1S/C22H19FN2O3/c23-17-9-7-16(8-10-17)21(26)11-12-22(27)25-18-5-3-6-20(14-18)28-15-19-4-1-2-13-24-19/h1-10,13-14H,11-12,15H2,(H,25,27). The molecule has 1 heterocycles. The lowest BCUT2D eigenvalue weighted by Gasteiger charge is -2.09. The third kappa shape index (κ3) is 5.74. The minimum atomic E-state index is -0.403. The molecule has 28 heavy (non-hydrogen) atoms. The van der Waals surface area contributed by atoms with Gasteiger partial charge in [0, 0.05) is 36.4 Å². The quantitative estimate of drug-likeness (QED) is 0.590. The zero-order valence-electron chi connectivity index (χ0n) is 15.1. The van der Waals surface area contributed by atoms with Crippen molar-refractivity contribution < 1.29 is 18.7 Å².